The van der Waals surface area contributed by atoms with E-state index in [0.29, 0.717) is 24.0 Å². The maximum atomic E-state index is 17.4. The van der Waals surface area contributed by atoms with E-state index < -0.39 is 80.4 Å². The molecule has 12 aromatic rings. The van der Waals surface area contributed by atoms with Crippen LogP contribution in [-0.4, -0.2) is 110 Å². The lowest BCUT2D eigenvalue weighted by molar-refractivity contribution is -0.335. The van der Waals surface area contributed by atoms with E-state index in [1.807, 2.05) is 0 Å². The largest absolute Gasteiger partial charge is 0.490 e. The number of halogens is 6. The molecule has 13 rings (SSSR count). The van der Waals surface area contributed by atoms with Crippen LogP contribution in [0.4, 0.5) is 22.0 Å². The first-order valence-electron chi connectivity index (χ1n) is 30.4. The Bertz CT molecular complexity index is 4740. The summed E-state index contributed by atoms with van der Waals surface area (Å²) in [6.45, 7) is 3.33. The van der Waals surface area contributed by atoms with Crippen LogP contribution in [0.25, 0.3) is 34.2 Å². The Kier molecular flexibility index (Phi) is 18.7. The number of hydrogen-bond acceptors (Lipinski definition) is 26. The van der Waals surface area contributed by atoms with E-state index in [2.05, 4.69) is 49.8 Å². The Morgan fingerprint density at radius 1 is 0.460 bits per heavy atom. The maximum absolute atomic E-state index is 17.4. The van der Waals surface area contributed by atoms with Crippen molar-refractivity contribution >= 4 is 23.4 Å². The first-order valence-corrected chi connectivity index (χ1v) is 31.6. The Hall–Kier alpha value is -11.7. The third kappa shape index (κ3) is 13.4. The van der Waals surface area contributed by atoms with Crippen LogP contribution in [0.5, 0.6) is 40.8 Å². The van der Waals surface area contributed by atoms with E-state index in [9.17, 15) is 0 Å². The Labute approximate surface area is 574 Å². The number of nitrogens with zero attached hydrogens (tertiary/aromatic N) is 18. The summed E-state index contributed by atoms with van der Waals surface area (Å²) in [4.78, 5) is 81.1. The molecular formula is C68H52ClF5N18O7S. The van der Waals surface area contributed by atoms with Crippen LogP contribution >= 0.6 is 23.4 Å². The summed E-state index contributed by atoms with van der Waals surface area (Å²) in [7, 11) is 2.83. The van der Waals surface area contributed by atoms with Crippen molar-refractivity contribution in [3.8, 4) is 74.9 Å². The van der Waals surface area contributed by atoms with Gasteiger partial charge in [0.05, 0.1) is 14.2 Å². The molecule has 1 unspecified atom stereocenters. The summed E-state index contributed by atoms with van der Waals surface area (Å²) in [5.41, 5.74) is -2.69. The first-order chi connectivity index (χ1) is 48.4. The third-order valence-corrected chi connectivity index (χ3v) is 17.1. The highest BCUT2D eigenvalue weighted by atomic mass is 35.5. The summed E-state index contributed by atoms with van der Waals surface area (Å²) < 4.78 is 127. The van der Waals surface area contributed by atoms with Crippen molar-refractivity contribution in [2.45, 2.75) is 78.6 Å². The van der Waals surface area contributed by atoms with Gasteiger partial charge < -0.3 is 33.2 Å². The normalized spacial score (nSPS) is 13.7. The van der Waals surface area contributed by atoms with Gasteiger partial charge in [0.25, 0.3) is 11.8 Å². The second-order valence-corrected chi connectivity index (χ2v) is 23.8. The molecule has 9 heterocycles. The van der Waals surface area contributed by atoms with E-state index in [-0.39, 0.29) is 80.8 Å². The zero-order chi connectivity index (χ0) is 69.5. The zero-order valence-corrected chi connectivity index (χ0v) is 54.5. The summed E-state index contributed by atoms with van der Waals surface area (Å²) in [5.74, 6) is -10.00. The average Bonchev–Trinajstić information content (AvgIpc) is 0.816. The van der Waals surface area contributed by atoms with Gasteiger partial charge in [-0.1, -0.05) is 90.1 Å². The van der Waals surface area contributed by atoms with Crippen molar-refractivity contribution in [3.05, 3.63) is 241 Å². The zero-order valence-electron chi connectivity index (χ0n) is 52.9. The van der Waals surface area contributed by atoms with Gasteiger partial charge in [0.15, 0.2) is 62.3 Å². The second kappa shape index (κ2) is 28.0. The van der Waals surface area contributed by atoms with Gasteiger partial charge in [0.2, 0.25) is 34.9 Å². The van der Waals surface area contributed by atoms with Gasteiger partial charge in [0, 0.05) is 96.4 Å². The Morgan fingerprint density at radius 3 is 1.67 bits per heavy atom. The van der Waals surface area contributed by atoms with Gasteiger partial charge in [-0.25, -0.2) is 69.8 Å². The molecule has 1 atom stereocenters. The fourth-order valence-electron chi connectivity index (χ4n) is 10.8. The molecule has 0 N–H and O–H groups in total. The standard InChI is InChI=1S/C68H52ClF5N18O7S/c1-63(2,96-46-25-37-75-52(88-46)48-50(93-3)54(94-4)87-40-86-48)57-84-38-26-47(89-57)97-64(27-13-14-28-64)58-90-49(51(55(92-58)99-67(70,71)62-82-35-18-36-83-62)98-66(68(72,73)74,61-80-33-17-34-81-61)95-42-21-9-6-10-22-42)53-85-39-44(43-23-11-12-24-45(43)69)56(91-53)100-65(41-19-7-5-8-20-41,59-76-29-15-30-77-59)60-78-31-16-32-79-60/h5-12,15-26,29-40H,13-14,27-28H2,1-4H3. The van der Waals surface area contributed by atoms with E-state index in [1.165, 1.54) is 119 Å². The van der Waals surface area contributed by atoms with Crippen molar-refractivity contribution in [2.75, 3.05) is 14.2 Å². The number of benzene rings is 3. The van der Waals surface area contributed by atoms with Crippen molar-refractivity contribution in [1.29, 1.82) is 0 Å². The molecule has 3 aromatic carbocycles. The lowest BCUT2D eigenvalue weighted by atomic mass is 9.96. The molecule has 0 amide bonds. The van der Waals surface area contributed by atoms with Crippen LogP contribution in [0.2, 0.25) is 5.02 Å². The highest BCUT2D eigenvalue weighted by Gasteiger charge is 2.66. The predicted molar refractivity (Wildman–Crippen MR) is 346 cm³/mol. The number of rotatable bonds is 24. The quantitative estimate of drug-likeness (QED) is 0.0235. The van der Waals surface area contributed by atoms with Crippen LogP contribution in [0.15, 0.2) is 201 Å². The molecule has 0 saturated heterocycles. The summed E-state index contributed by atoms with van der Waals surface area (Å²) in [6, 6.07) is 31.1. The molecule has 1 aliphatic rings. The molecule has 0 bridgehead atoms. The van der Waals surface area contributed by atoms with E-state index in [0.717, 1.165) is 36.5 Å². The molecule has 1 saturated carbocycles. The molecule has 1 fully saturated rings. The van der Waals surface area contributed by atoms with Crippen molar-refractivity contribution in [3.63, 3.8) is 0 Å². The average molecular weight is 1400 g/mol. The molecule has 0 aliphatic heterocycles. The SMILES string of the molecule is COc1ncnc(-c2nccc(OC(C)(C)c3nccc(OC4(c5nc(OC(F)(F)c6ncccn6)c(OC(Oc6ccccc6)(c6ncccn6)C(F)(F)F)c(-c6ncc(-c7ccccc7Cl)c(SC(c7ccccc7)(c7ncccn7)c7ncccn7)n6)n5)CCCC4)n3)n2)c1OC. The van der Waals surface area contributed by atoms with Gasteiger partial charge in [-0.05, 0) is 87.6 Å². The lowest BCUT2D eigenvalue weighted by Crippen LogP contribution is -2.53. The number of alkyl halides is 5. The van der Waals surface area contributed by atoms with E-state index >= 15 is 22.0 Å². The molecule has 1 aliphatic carbocycles. The predicted octanol–water partition coefficient (Wildman–Crippen LogP) is 12.7. The van der Waals surface area contributed by atoms with Crippen molar-refractivity contribution < 1.29 is 55.1 Å². The highest BCUT2D eigenvalue weighted by Crippen LogP contribution is 2.54. The van der Waals surface area contributed by atoms with Gasteiger partial charge in [-0.15, -0.1) is 0 Å². The number of methoxy groups -OCH3 is 2. The maximum Gasteiger partial charge on any atom is 0.476 e. The summed E-state index contributed by atoms with van der Waals surface area (Å²) >= 11 is 8.06. The minimum absolute atomic E-state index is 0.00447. The van der Waals surface area contributed by atoms with Gasteiger partial charge in [-0.2, -0.15) is 41.9 Å². The van der Waals surface area contributed by atoms with Crippen LogP contribution in [0.1, 0.15) is 80.0 Å². The number of para-hydroxylation sites is 1. The van der Waals surface area contributed by atoms with Crippen LogP contribution in [-0.2, 0) is 27.8 Å². The van der Waals surface area contributed by atoms with Crippen LogP contribution in [0, 0.1) is 0 Å². The number of ether oxygens (including phenoxy) is 7. The molecule has 25 nitrogen and oxygen atoms in total. The Morgan fingerprint density at radius 2 is 1.04 bits per heavy atom. The van der Waals surface area contributed by atoms with E-state index in [4.69, 9.17) is 84.6 Å². The molecule has 504 valence electrons. The summed E-state index contributed by atoms with van der Waals surface area (Å²) in [6.07, 6.45) is 6.06. The fraction of sp³-hybridized carbons (Fsp3) is 0.206. The molecule has 32 heteroatoms. The van der Waals surface area contributed by atoms with Crippen LogP contribution in [0.3, 0.4) is 0 Å². The van der Waals surface area contributed by atoms with E-state index in [1.54, 1.807) is 80.6 Å². The fourth-order valence-corrected chi connectivity index (χ4v) is 12.3. The lowest BCUT2D eigenvalue weighted by Gasteiger charge is -2.35. The molecule has 0 radical (unpaired) electrons. The second-order valence-electron chi connectivity index (χ2n) is 22.2. The first kappa shape index (κ1) is 66.9. The minimum Gasteiger partial charge on any atom is -0.490 e. The molecule has 100 heavy (non-hydrogen) atoms. The molecule has 9 aromatic heterocycles. The molecular weight excluding hydrogens is 1340 g/mol. The van der Waals surface area contributed by atoms with Gasteiger partial charge in [0.1, 0.15) is 17.1 Å². The van der Waals surface area contributed by atoms with Crippen molar-refractivity contribution in [1.82, 2.24) is 89.7 Å². The Balaban J connectivity index is 1.04. The monoisotopic (exact) mass is 1390 g/mol. The number of thioether (sulfide) groups is 1. The summed E-state index contributed by atoms with van der Waals surface area (Å²) in [5, 5.41) is 0.223. The number of hydrogen-bond donors (Lipinski definition) is 0. The smallest absolute Gasteiger partial charge is 0.476 e. The highest BCUT2D eigenvalue weighted by molar-refractivity contribution is 8.00. The number of aromatic nitrogens is 18. The van der Waals surface area contributed by atoms with Gasteiger partial charge >= 0.3 is 18.1 Å². The van der Waals surface area contributed by atoms with Crippen molar-refractivity contribution in [2.24, 2.45) is 0 Å². The van der Waals surface area contributed by atoms with Gasteiger partial charge in [-0.3, -0.25) is 0 Å². The topological polar surface area (TPSA) is 297 Å². The van der Waals surface area contributed by atoms with Crippen LogP contribution < -0.4 is 33.2 Å². The molecule has 0 spiro atoms. The third-order valence-electron chi connectivity index (χ3n) is 15.3. The minimum atomic E-state index is -5.73.